The molecular formula is C24H27N3O6. The second-order valence-corrected chi connectivity index (χ2v) is 8.76. The molecule has 1 aliphatic rings. The van der Waals surface area contributed by atoms with Gasteiger partial charge < -0.3 is 15.2 Å². The summed E-state index contributed by atoms with van der Waals surface area (Å²) in [6, 6.07) is 9.41. The molecule has 0 aliphatic carbocycles. The highest BCUT2D eigenvalue weighted by molar-refractivity contribution is 6.10. The van der Waals surface area contributed by atoms with Crippen molar-refractivity contribution in [2.45, 2.75) is 39.0 Å². The van der Waals surface area contributed by atoms with Crippen molar-refractivity contribution in [2.75, 3.05) is 23.9 Å². The number of rotatable bonds is 6. The number of methoxy groups -OCH3 is 1. The molecule has 1 fully saturated rings. The number of hydrogen-bond acceptors (Lipinski definition) is 5. The maximum Gasteiger partial charge on any atom is 0.328 e. The van der Waals surface area contributed by atoms with Crippen molar-refractivity contribution in [3.63, 3.8) is 0 Å². The standard InChI is InChI=1S/C24H27N3O6/c1-24(2,3)17-13-15(27-10-9-19(28)26-23(27)32)12-16(21(17)33-4)22(31)25-18-8-6-5-7-14(18)11-20(29)30/h5-8,12-13H,9-11H2,1-4H3,(H,25,31)(H,29,30)(H,26,28,32). The summed E-state index contributed by atoms with van der Waals surface area (Å²) in [6.07, 6.45) is -0.102. The summed E-state index contributed by atoms with van der Waals surface area (Å²) in [5.41, 5.74) is 1.75. The van der Waals surface area contributed by atoms with E-state index in [1.165, 1.54) is 12.0 Å². The minimum Gasteiger partial charge on any atom is -0.496 e. The van der Waals surface area contributed by atoms with Crippen LogP contribution in [0.3, 0.4) is 0 Å². The van der Waals surface area contributed by atoms with E-state index in [4.69, 9.17) is 4.74 Å². The predicted molar refractivity (Wildman–Crippen MR) is 123 cm³/mol. The minimum absolute atomic E-state index is 0.146. The smallest absolute Gasteiger partial charge is 0.328 e. The van der Waals surface area contributed by atoms with Crippen molar-refractivity contribution in [3.8, 4) is 5.75 Å². The lowest BCUT2D eigenvalue weighted by atomic mass is 9.84. The van der Waals surface area contributed by atoms with Gasteiger partial charge in [0.1, 0.15) is 5.75 Å². The summed E-state index contributed by atoms with van der Waals surface area (Å²) in [5.74, 6) is -1.52. The number of nitrogens with one attached hydrogen (secondary N) is 2. The largest absolute Gasteiger partial charge is 0.496 e. The van der Waals surface area contributed by atoms with Crippen molar-refractivity contribution < 1.29 is 29.0 Å². The van der Waals surface area contributed by atoms with E-state index in [0.717, 1.165) is 0 Å². The molecule has 0 saturated carbocycles. The number of carboxylic acids is 1. The Bertz CT molecular complexity index is 1120. The van der Waals surface area contributed by atoms with Gasteiger partial charge in [-0.05, 0) is 29.2 Å². The molecule has 1 heterocycles. The summed E-state index contributed by atoms with van der Waals surface area (Å²) in [4.78, 5) is 50.0. The van der Waals surface area contributed by atoms with Gasteiger partial charge in [-0.3, -0.25) is 24.6 Å². The lowest BCUT2D eigenvalue weighted by molar-refractivity contribution is -0.136. The Kier molecular flexibility index (Phi) is 6.71. The summed E-state index contributed by atoms with van der Waals surface area (Å²) in [7, 11) is 1.46. The number of aliphatic carboxylic acids is 1. The summed E-state index contributed by atoms with van der Waals surface area (Å²) >= 11 is 0. The highest BCUT2D eigenvalue weighted by atomic mass is 16.5. The average Bonchev–Trinajstić information content (AvgIpc) is 2.73. The van der Waals surface area contributed by atoms with Gasteiger partial charge in [0, 0.05) is 29.9 Å². The maximum absolute atomic E-state index is 13.4. The number of urea groups is 1. The van der Waals surface area contributed by atoms with Crippen LogP contribution in [0.4, 0.5) is 16.2 Å². The van der Waals surface area contributed by atoms with E-state index in [0.29, 0.717) is 28.3 Å². The SMILES string of the molecule is COc1c(C(=O)Nc2ccccc2CC(=O)O)cc(N2CCC(=O)NC2=O)cc1C(C)(C)C. The van der Waals surface area contributed by atoms with Crippen LogP contribution in [0.25, 0.3) is 0 Å². The molecule has 0 aromatic heterocycles. The first-order chi connectivity index (χ1) is 15.5. The second kappa shape index (κ2) is 9.32. The number of para-hydroxylation sites is 1. The molecule has 0 unspecified atom stereocenters. The lowest BCUT2D eigenvalue weighted by Crippen LogP contribution is -2.49. The van der Waals surface area contributed by atoms with Crippen molar-refractivity contribution in [1.29, 1.82) is 0 Å². The van der Waals surface area contributed by atoms with Crippen molar-refractivity contribution >= 4 is 35.2 Å². The normalized spacial score (nSPS) is 14.0. The molecule has 1 aliphatic heterocycles. The van der Waals surface area contributed by atoms with Crippen molar-refractivity contribution in [3.05, 3.63) is 53.1 Å². The maximum atomic E-state index is 13.4. The molecule has 4 amide bonds. The minimum atomic E-state index is -1.02. The second-order valence-electron chi connectivity index (χ2n) is 8.76. The average molecular weight is 453 g/mol. The highest BCUT2D eigenvalue weighted by Gasteiger charge is 2.30. The molecule has 174 valence electrons. The van der Waals surface area contributed by atoms with Gasteiger partial charge in [-0.1, -0.05) is 39.0 Å². The molecule has 1 saturated heterocycles. The molecule has 2 aromatic rings. The fourth-order valence-electron chi connectivity index (χ4n) is 3.67. The van der Waals surface area contributed by atoms with Gasteiger partial charge in [0.15, 0.2) is 0 Å². The molecule has 0 spiro atoms. The Morgan fingerprint density at radius 2 is 1.88 bits per heavy atom. The van der Waals surface area contributed by atoms with Crippen LogP contribution in [0.5, 0.6) is 5.75 Å². The van der Waals surface area contributed by atoms with Crippen LogP contribution in [0.1, 0.15) is 48.7 Å². The topological polar surface area (TPSA) is 125 Å². The fourth-order valence-corrected chi connectivity index (χ4v) is 3.67. The van der Waals surface area contributed by atoms with Crippen LogP contribution in [0.15, 0.2) is 36.4 Å². The van der Waals surface area contributed by atoms with Gasteiger partial charge in [-0.15, -0.1) is 0 Å². The molecule has 3 rings (SSSR count). The van der Waals surface area contributed by atoms with Crippen LogP contribution in [0, 0.1) is 0 Å². The number of anilines is 2. The van der Waals surface area contributed by atoms with Crippen LogP contribution in [-0.4, -0.2) is 42.6 Å². The number of carboxylic acid groups (broad SMARTS) is 1. The number of imide groups is 1. The molecule has 0 radical (unpaired) electrons. The third kappa shape index (κ3) is 5.31. The first-order valence-corrected chi connectivity index (χ1v) is 10.5. The Morgan fingerprint density at radius 3 is 2.48 bits per heavy atom. The number of carbonyl (C=O) groups is 4. The first-order valence-electron chi connectivity index (χ1n) is 10.5. The van der Waals surface area contributed by atoms with Gasteiger partial charge in [0.2, 0.25) is 5.91 Å². The molecular weight excluding hydrogens is 426 g/mol. The molecule has 33 heavy (non-hydrogen) atoms. The summed E-state index contributed by atoms with van der Waals surface area (Å²) < 4.78 is 5.61. The van der Waals surface area contributed by atoms with E-state index in [1.54, 1.807) is 36.4 Å². The number of amides is 4. The number of carbonyl (C=O) groups excluding carboxylic acids is 3. The Labute approximate surface area is 191 Å². The van der Waals surface area contributed by atoms with E-state index in [-0.39, 0.29) is 30.9 Å². The third-order valence-electron chi connectivity index (χ3n) is 5.30. The van der Waals surface area contributed by atoms with Crippen LogP contribution in [0.2, 0.25) is 0 Å². The monoisotopic (exact) mass is 453 g/mol. The number of benzene rings is 2. The molecule has 0 atom stereocenters. The number of ether oxygens (including phenoxy) is 1. The fraction of sp³-hybridized carbons (Fsp3) is 0.333. The molecule has 9 nitrogen and oxygen atoms in total. The third-order valence-corrected chi connectivity index (χ3v) is 5.30. The van der Waals surface area contributed by atoms with E-state index in [9.17, 15) is 24.3 Å². The van der Waals surface area contributed by atoms with E-state index in [2.05, 4.69) is 10.6 Å². The van der Waals surface area contributed by atoms with Crippen LogP contribution < -0.4 is 20.3 Å². The van der Waals surface area contributed by atoms with Gasteiger partial charge in [0.25, 0.3) is 5.91 Å². The van der Waals surface area contributed by atoms with Gasteiger partial charge in [-0.2, -0.15) is 0 Å². The van der Waals surface area contributed by atoms with Crippen LogP contribution >= 0.6 is 0 Å². The van der Waals surface area contributed by atoms with Crippen molar-refractivity contribution in [2.24, 2.45) is 0 Å². The predicted octanol–water partition coefficient (Wildman–Crippen LogP) is 3.32. The Morgan fingerprint density at radius 1 is 1.18 bits per heavy atom. The zero-order valence-corrected chi connectivity index (χ0v) is 19.0. The van der Waals surface area contributed by atoms with E-state index >= 15 is 0 Å². The lowest BCUT2D eigenvalue weighted by Gasteiger charge is -2.30. The summed E-state index contributed by atoms with van der Waals surface area (Å²) in [6.45, 7) is 6.05. The highest BCUT2D eigenvalue weighted by Crippen LogP contribution is 2.38. The van der Waals surface area contributed by atoms with Gasteiger partial charge in [-0.25, -0.2) is 4.79 Å². The molecule has 0 bridgehead atoms. The van der Waals surface area contributed by atoms with Crippen LogP contribution in [-0.2, 0) is 21.4 Å². The number of nitrogens with zero attached hydrogens (tertiary/aromatic N) is 1. The number of hydrogen-bond donors (Lipinski definition) is 3. The quantitative estimate of drug-likeness (QED) is 0.616. The van der Waals surface area contributed by atoms with E-state index in [1.807, 2.05) is 20.8 Å². The zero-order chi connectivity index (χ0) is 24.3. The Balaban J connectivity index is 2.08. The molecule has 3 N–H and O–H groups in total. The zero-order valence-electron chi connectivity index (χ0n) is 19.0. The van der Waals surface area contributed by atoms with E-state index < -0.39 is 23.3 Å². The van der Waals surface area contributed by atoms with Gasteiger partial charge in [0.05, 0.1) is 19.1 Å². The molecule has 2 aromatic carbocycles. The first kappa shape index (κ1) is 23.8. The summed E-state index contributed by atoms with van der Waals surface area (Å²) in [5, 5.41) is 14.2. The van der Waals surface area contributed by atoms with Gasteiger partial charge >= 0.3 is 12.0 Å². The molecule has 9 heteroatoms. The Hall–Kier alpha value is -3.88. The van der Waals surface area contributed by atoms with Crippen molar-refractivity contribution in [1.82, 2.24) is 5.32 Å².